The van der Waals surface area contributed by atoms with Crippen LogP contribution in [0.2, 0.25) is 0 Å². The van der Waals surface area contributed by atoms with Gasteiger partial charge in [-0.3, -0.25) is 9.69 Å². The maximum Gasteiger partial charge on any atom is 0.335 e. The van der Waals surface area contributed by atoms with E-state index >= 15 is 0 Å². The Labute approximate surface area is 180 Å². The molecule has 1 aliphatic rings. The second-order valence-electron chi connectivity index (χ2n) is 6.01. The van der Waals surface area contributed by atoms with Crippen LogP contribution in [0, 0.1) is 0 Å². The molecule has 10 heteroatoms. The average Bonchev–Trinajstić information content (AvgIpc) is 3.00. The number of hydrogen-bond acceptors (Lipinski definition) is 7. The maximum atomic E-state index is 13.0. The summed E-state index contributed by atoms with van der Waals surface area (Å²) in [5.41, 5.74) is 0.217. The third-order valence-electron chi connectivity index (χ3n) is 4.17. The first-order valence-corrected chi connectivity index (χ1v) is 9.59. The Morgan fingerprint density at radius 3 is 2.13 bits per heavy atom. The molecule has 0 radical (unpaired) electrons. The van der Waals surface area contributed by atoms with Gasteiger partial charge in [-0.05, 0) is 42.0 Å². The van der Waals surface area contributed by atoms with Crippen molar-refractivity contribution >= 4 is 57.9 Å². The minimum atomic E-state index is -1.31. The fraction of sp³-hybridized carbons (Fsp3) is 0.100. The summed E-state index contributed by atoms with van der Waals surface area (Å²) in [6.45, 7) is 0. The number of carboxylic acid groups (broad SMARTS) is 2. The number of carbonyl (C=O) groups excluding carboxylic acids is 1. The van der Waals surface area contributed by atoms with Crippen molar-refractivity contribution in [2.45, 2.75) is 0 Å². The van der Waals surface area contributed by atoms with E-state index in [4.69, 9.17) is 21.7 Å². The zero-order chi connectivity index (χ0) is 22.0. The number of aromatic carboxylic acids is 2. The number of nitrogens with zero attached hydrogens (tertiary/aromatic N) is 1. The number of thiocarbonyl (C=S) groups is 1. The lowest BCUT2D eigenvalue weighted by molar-refractivity contribution is -0.113. The second kappa shape index (κ2) is 8.56. The Morgan fingerprint density at radius 1 is 1.00 bits per heavy atom. The Morgan fingerprint density at radius 2 is 1.60 bits per heavy atom. The molecule has 1 heterocycles. The van der Waals surface area contributed by atoms with Crippen LogP contribution in [0.1, 0.15) is 26.3 Å². The van der Waals surface area contributed by atoms with Crippen molar-refractivity contribution in [1.82, 2.24) is 0 Å². The van der Waals surface area contributed by atoms with Gasteiger partial charge in [-0.1, -0.05) is 30.0 Å². The largest absolute Gasteiger partial charge is 0.493 e. The van der Waals surface area contributed by atoms with Crippen molar-refractivity contribution in [3.63, 3.8) is 0 Å². The van der Waals surface area contributed by atoms with E-state index in [2.05, 4.69) is 0 Å². The highest BCUT2D eigenvalue weighted by Gasteiger charge is 2.34. The van der Waals surface area contributed by atoms with E-state index in [1.165, 1.54) is 26.4 Å². The second-order valence-corrected chi connectivity index (χ2v) is 7.69. The summed E-state index contributed by atoms with van der Waals surface area (Å²) in [6, 6.07) is 8.56. The number of hydrogen-bond donors (Lipinski definition) is 2. The van der Waals surface area contributed by atoms with Crippen molar-refractivity contribution in [3.8, 4) is 11.5 Å². The number of thioether (sulfide) groups is 1. The standard InChI is InChI=1S/C20H15NO7S2/c1-27-14-4-3-10(5-15(14)28-2)6-16-17(22)21(20(29)30-16)13-8-11(18(23)24)7-12(9-13)19(25)26/h3-9H,1-2H3,(H,23,24)(H,25,26)/b16-6+. The van der Waals surface area contributed by atoms with Gasteiger partial charge in [0.1, 0.15) is 0 Å². The minimum Gasteiger partial charge on any atom is -0.493 e. The van der Waals surface area contributed by atoms with Gasteiger partial charge < -0.3 is 19.7 Å². The first-order chi connectivity index (χ1) is 14.2. The molecule has 0 bridgehead atoms. The summed E-state index contributed by atoms with van der Waals surface area (Å²) >= 11 is 6.31. The molecule has 0 unspecified atom stereocenters. The molecule has 1 amide bonds. The Kier molecular flexibility index (Phi) is 6.09. The molecular weight excluding hydrogens is 430 g/mol. The van der Waals surface area contributed by atoms with Gasteiger partial charge in [-0.15, -0.1) is 0 Å². The predicted molar refractivity (Wildman–Crippen MR) is 116 cm³/mol. The van der Waals surface area contributed by atoms with Crippen molar-refractivity contribution in [2.24, 2.45) is 0 Å². The first kappa shape index (κ1) is 21.3. The van der Waals surface area contributed by atoms with Gasteiger partial charge in [0.2, 0.25) is 0 Å². The highest BCUT2D eigenvalue weighted by atomic mass is 32.2. The molecule has 8 nitrogen and oxygen atoms in total. The zero-order valence-electron chi connectivity index (χ0n) is 15.7. The van der Waals surface area contributed by atoms with Crippen molar-refractivity contribution < 1.29 is 34.1 Å². The van der Waals surface area contributed by atoms with Gasteiger partial charge in [0, 0.05) is 0 Å². The van der Waals surface area contributed by atoms with Crippen molar-refractivity contribution in [2.75, 3.05) is 19.1 Å². The number of benzene rings is 2. The van der Waals surface area contributed by atoms with Gasteiger partial charge in [-0.2, -0.15) is 0 Å². The molecule has 30 heavy (non-hydrogen) atoms. The molecule has 0 aliphatic carbocycles. The molecule has 2 aromatic rings. The van der Waals surface area contributed by atoms with Crippen molar-refractivity contribution in [1.29, 1.82) is 0 Å². The van der Waals surface area contributed by atoms with E-state index in [0.717, 1.165) is 22.7 Å². The lowest BCUT2D eigenvalue weighted by atomic mass is 10.1. The molecule has 0 saturated carbocycles. The molecule has 0 aromatic heterocycles. The van der Waals surface area contributed by atoms with Crippen LogP contribution >= 0.6 is 24.0 Å². The van der Waals surface area contributed by atoms with Crippen LogP contribution in [0.3, 0.4) is 0 Å². The minimum absolute atomic E-state index is 0.0745. The summed E-state index contributed by atoms with van der Waals surface area (Å²) in [4.78, 5) is 37.1. The van der Waals surface area contributed by atoms with Gasteiger partial charge in [0.15, 0.2) is 15.8 Å². The Bertz CT molecular complexity index is 1080. The average molecular weight is 445 g/mol. The van der Waals surface area contributed by atoms with Crippen LogP contribution in [0.15, 0.2) is 41.3 Å². The summed E-state index contributed by atoms with van der Waals surface area (Å²) in [7, 11) is 3.01. The number of methoxy groups -OCH3 is 2. The number of carbonyl (C=O) groups is 3. The number of amides is 1. The van der Waals surface area contributed by atoms with Gasteiger partial charge in [0.05, 0.1) is 35.9 Å². The van der Waals surface area contributed by atoms with E-state index < -0.39 is 17.8 Å². The third-order valence-corrected chi connectivity index (χ3v) is 5.47. The monoisotopic (exact) mass is 445 g/mol. The molecular formula is C20H15NO7S2. The third kappa shape index (κ3) is 4.14. The zero-order valence-corrected chi connectivity index (χ0v) is 17.4. The van der Waals surface area contributed by atoms with Crippen LogP contribution in [0.5, 0.6) is 11.5 Å². The van der Waals surface area contributed by atoms with Crippen LogP contribution in [-0.2, 0) is 4.79 Å². The first-order valence-electron chi connectivity index (χ1n) is 8.36. The molecule has 1 saturated heterocycles. The summed E-state index contributed by atoms with van der Waals surface area (Å²) in [5.74, 6) is -2.09. The topological polar surface area (TPSA) is 113 Å². The number of rotatable bonds is 6. The lowest BCUT2D eigenvalue weighted by Crippen LogP contribution is -2.28. The van der Waals surface area contributed by atoms with E-state index in [1.54, 1.807) is 24.3 Å². The molecule has 2 N–H and O–H groups in total. The number of carboxylic acids is 2. The maximum absolute atomic E-state index is 13.0. The summed E-state index contributed by atoms with van der Waals surface area (Å²) in [6.07, 6.45) is 1.61. The van der Waals surface area contributed by atoms with E-state index in [0.29, 0.717) is 22.0 Å². The van der Waals surface area contributed by atoms with Crippen LogP contribution in [0.25, 0.3) is 6.08 Å². The lowest BCUT2D eigenvalue weighted by Gasteiger charge is -2.16. The SMILES string of the molecule is COc1ccc(/C=C2/SC(=S)N(c3cc(C(=O)O)cc(C(=O)O)c3)C2=O)cc1OC. The molecule has 0 spiro atoms. The summed E-state index contributed by atoms with van der Waals surface area (Å²) < 4.78 is 10.6. The smallest absolute Gasteiger partial charge is 0.335 e. The molecule has 3 rings (SSSR count). The van der Waals surface area contributed by atoms with Gasteiger partial charge in [0.25, 0.3) is 5.91 Å². The van der Waals surface area contributed by atoms with Crippen LogP contribution < -0.4 is 14.4 Å². The fourth-order valence-corrected chi connectivity index (χ4v) is 4.07. The molecule has 154 valence electrons. The van der Waals surface area contributed by atoms with Gasteiger partial charge >= 0.3 is 11.9 Å². The van der Waals surface area contributed by atoms with E-state index in [9.17, 15) is 24.6 Å². The van der Waals surface area contributed by atoms with Crippen LogP contribution in [-0.4, -0.2) is 46.6 Å². The van der Waals surface area contributed by atoms with E-state index in [1.807, 2.05) is 0 Å². The molecule has 0 atom stereocenters. The normalized spacial score (nSPS) is 14.9. The predicted octanol–water partition coefficient (Wildman–Crippen LogP) is 3.51. The van der Waals surface area contributed by atoms with Crippen molar-refractivity contribution in [3.05, 3.63) is 58.0 Å². The fourth-order valence-electron chi connectivity index (χ4n) is 2.77. The highest BCUT2D eigenvalue weighted by molar-refractivity contribution is 8.27. The Balaban J connectivity index is 2.00. The quantitative estimate of drug-likeness (QED) is 0.509. The molecule has 2 aromatic carbocycles. The molecule has 1 aliphatic heterocycles. The molecule has 1 fully saturated rings. The highest BCUT2D eigenvalue weighted by Crippen LogP contribution is 2.37. The van der Waals surface area contributed by atoms with E-state index in [-0.39, 0.29) is 21.1 Å². The number of anilines is 1. The summed E-state index contributed by atoms with van der Waals surface area (Å²) in [5, 5.41) is 18.5. The Hall–Kier alpha value is -3.37. The van der Waals surface area contributed by atoms with Crippen LogP contribution in [0.4, 0.5) is 5.69 Å². The number of ether oxygens (including phenoxy) is 2. The van der Waals surface area contributed by atoms with Gasteiger partial charge in [-0.25, -0.2) is 9.59 Å².